The van der Waals surface area contributed by atoms with Gasteiger partial charge in [0.2, 0.25) is 11.8 Å². The number of benzene rings is 2. The molecule has 2 N–H and O–H groups in total. The molecule has 1 aromatic heterocycles. The SMILES string of the molecule is COc1ccccc1NC(=O)C1C(C)=NC(SCC(=O)Nc2ccc(Br)cc2)=C(C#N)[C@H]1c1ccco1. The molecule has 1 aliphatic rings. The molecule has 0 spiro atoms. The molecule has 2 heterocycles. The molecule has 1 unspecified atom stereocenters. The number of nitrogens with one attached hydrogen (secondary N) is 2. The van der Waals surface area contributed by atoms with Crippen molar-refractivity contribution in [2.24, 2.45) is 10.9 Å². The molecule has 4 rings (SSSR count). The molecule has 8 nitrogen and oxygen atoms in total. The fourth-order valence-electron chi connectivity index (χ4n) is 4.00. The first-order chi connectivity index (χ1) is 17.9. The van der Waals surface area contributed by atoms with Crippen LogP contribution in [0.1, 0.15) is 18.6 Å². The molecule has 2 amide bonds. The van der Waals surface area contributed by atoms with Crippen LogP contribution >= 0.6 is 27.7 Å². The molecule has 0 fully saturated rings. The number of hydrogen-bond donors (Lipinski definition) is 2. The van der Waals surface area contributed by atoms with Gasteiger partial charge < -0.3 is 19.8 Å². The van der Waals surface area contributed by atoms with Crippen LogP contribution in [0.25, 0.3) is 0 Å². The molecule has 2 atom stereocenters. The van der Waals surface area contributed by atoms with Crippen molar-refractivity contribution >= 4 is 56.6 Å². The van der Waals surface area contributed by atoms with E-state index in [0.717, 1.165) is 16.2 Å². The second-order valence-electron chi connectivity index (χ2n) is 8.09. The molecule has 0 bridgehead atoms. The summed E-state index contributed by atoms with van der Waals surface area (Å²) in [4.78, 5) is 30.7. The average molecular weight is 579 g/mol. The van der Waals surface area contributed by atoms with E-state index in [1.807, 2.05) is 12.1 Å². The van der Waals surface area contributed by atoms with Crippen LogP contribution < -0.4 is 15.4 Å². The Balaban J connectivity index is 1.59. The lowest BCUT2D eigenvalue weighted by Gasteiger charge is -2.29. The summed E-state index contributed by atoms with van der Waals surface area (Å²) in [7, 11) is 1.52. The Kier molecular flexibility index (Phi) is 8.48. The maximum Gasteiger partial charge on any atom is 0.234 e. The number of furan rings is 1. The van der Waals surface area contributed by atoms with Crippen LogP contribution in [0.5, 0.6) is 5.75 Å². The Morgan fingerprint density at radius 1 is 1.14 bits per heavy atom. The molecule has 0 radical (unpaired) electrons. The summed E-state index contributed by atoms with van der Waals surface area (Å²) in [5.74, 6) is -1.08. The largest absolute Gasteiger partial charge is 0.495 e. The zero-order valence-corrected chi connectivity index (χ0v) is 22.4. The van der Waals surface area contributed by atoms with Crippen LogP contribution in [0, 0.1) is 17.2 Å². The number of carbonyl (C=O) groups is 2. The number of anilines is 2. The maximum atomic E-state index is 13.5. The molecule has 0 aliphatic carbocycles. The predicted molar refractivity (Wildman–Crippen MR) is 148 cm³/mol. The summed E-state index contributed by atoms with van der Waals surface area (Å²) in [5.41, 5.74) is 1.94. The van der Waals surface area contributed by atoms with E-state index in [4.69, 9.17) is 9.15 Å². The number of aliphatic imine (C=N–C) groups is 1. The second-order valence-corrected chi connectivity index (χ2v) is 9.97. The average Bonchev–Trinajstić information content (AvgIpc) is 3.43. The third-order valence-corrected chi connectivity index (χ3v) is 7.21. The van der Waals surface area contributed by atoms with Gasteiger partial charge in [0.1, 0.15) is 16.5 Å². The first-order valence-electron chi connectivity index (χ1n) is 11.3. The van der Waals surface area contributed by atoms with E-state index in [2.05, 4.69) is 37.6 Å². The highest BCUT2D eigenvalue weighted by molar-refractivity contribution is 9.10. The number of carbonyl (C=O) groups excluding carboxylic acids is 2. The van der Waals surface area contributed by atoms with Crippen molar-refractivity contribution in [1.82, 2.24) is 0 Å². The Morgan fingerprint density at radius 2 is 1.89 bits per heavy atom. The topological polar surface area (TPSA) is 117 Å². The number of allylic oxidation sites excluding steroid dienone is 1. The van der Waals surface area contributed by atoms with Gasteiger partial charge in [0.05, 0.1) is 48.3 Å². The number of amides is 2. The molecule has 0 saturated carbocycles. The fourth-order valence-corrected chi connectivity index (χ4v) is 5.14. The number of methoxy groups -OCH3 is 1. The smallest absolute Gasteiger partial charge is 0.234 e. The van der Waals surface area contributed by atoms with Crippen molar-refractivity contribution in [2.45, 2.75) is 12.8 Å². The van der Waals surface area contributed by atoms with Gasteiger partial charge in [-0.15, -0.1) is 0 Å². The van der Waals surface area contributed by atoms with Crippen molar-refractivity contribution in [3.8, 4) is 11.8 Å². The molecule has 2 aromatic carbocycles. The lowest BCUT2D eigenvalue weighted by Crippen LogP contribution is -2.36. The van der Waals surface area contributed by atoms with E-state index in [1.54, 1.807) is 55.5 Å². The summed E-state index contributed by atoms with van der Waals surface area (Å²) >= 11 is 4.51. The van der Waals surface area contributed by atoms with E-state index in [9.17, 15) is 14.9 Å². The van der Waals surface area contributed by atoms with Crippen molar-refractivity contribution in [3.05, 3.63) is 87.8 Å². The quantitative estimate of drug-likeness (QED) is 0.340. The molecule has 188 valence electrons. The summed E-state index contributed by atoms with van der Waals surface area (Å²) in [6.07, 6.45) is 1.50. The molecule has 3 aromatic rings. The van der Waals surface area contributed by atoms with E-state index in [0.29, 0.717) is 33.6 Å². The van der Waals surface area contributed by atoms with Gasteiger partial charge in [-0.1, -0.05) is 39.8 Å². The van der Waals surface area contributed by atoms with Gasteiger partial charge in [0, 0.05) is 15.9 Å². The number of thioether (sulfide) groups is 1. The van der Waals surface area contributed by atoms with Crippen LogP contribution in [0.3, 0.4) is 0 Å². The van der Waals surface area contributed by atoms with E-state index in [1.165, 1.54) is 13.4 Å². The standard InChI is InChI=1S/C27H23BrN4O4S/c1-16-24(26(34)32-20-6-3-4-7-21(20)35-2)25(22-8-5-13-36-22)19(14-29)27(30-16)37-15-23(33)31-18-11-9-17(28)10-12-18/h3-13,24-25H,15H2,1-2H3,(H,31,33)(H,32,34)/t24?,25-/m0/s1. The van der Waals surface area contributed by atoms with E-state index in [-0.39, 0.29) is 23.1 Å². The van der Waals surface area contributed by atoms with Crippen LogP contribution in [0.15, 0.2) is 91.4 Å². The minimum atomic E-state index is -0.799. The minimum absolute atomic E-state index is 0.0380. The Morgan fingerprint density at radius 3 is 2.57 bits per heavy atom. The maximum absolute atomic E-state index is 13.5. The summed E-state index contributed by atoms with van der Waals surface area (Å²) in [6.45, 7) is 1.74. The normalized spacial score (nSPS) is 17.0. The van der Waals surface area contributed by atoms with Crippen LogP contribution in [-0.4, -0.2) is 30.4 Å². The Bertz CT molecular complexity index is 1390. The lowest BCUT2D eigenvalue weighted by atomic mass is 9.79. The molecule has 37 heavy (non-hydrogen) atoms. The number of nitriles is 1. The third-order valence-electron chi connectivity index (χ3n) is 5.69. The number of halogens is 1. The molecular weight excluding hydrogens is 556 g/mol. The highest BCUT2D eigenvalue weighted by atomic mass is 79.9. The van der Waals surface area contributed by atoms with Crippen molar-refractivity contribution in [3.63, 3.8) is 0 Å². The van der Waals surface area contributed by atoms with Gasteiger partial charge in [0.25, 0.3) is 0 Å². The highest BCUT2D eigenvalue weighted by Gasteiger charge is 2.41. The third kappa shape index (κ3) is 6.13. The molecular formula is C27H23BrN4O4S. The summed E-state index contributed by atoms with van der Waals surface area (Å²) < 4.78 is 11.9. The zero-order valence-electron chi connectivity index (χ0n) is 20.0. The van der Waals surface area contributed by atoms with Crippen LogP contribution in [0.4, 0.5) is 11.4 Å². The van der Waals surface area contributed by atoms with Crippen molar-refractivity contribution in [1.29, 1.82) is 5.26 Å². The number of hydrogen-bond acceptors (Lipinski definition) is 7. The van der Waals surface area contributed by atoms with Crippen molar-refractivity contribution in [2.75, 3.05) is 23.5 Å². The first-order valence-corrected chi connectivity index (χ1v) is 13.0. The predicted octanol–water partition coefficient (Wildman–Crippen LogP) is 5.97. The summed E-state index contributed by atoms with van der Waals surface area (Å²) in [5, 5.41) is 16.2. The van der Waals surface area contributed by atoms with Gasteiger partial charge in [-0.2, -0.15) is 5.26 Å². The molecule has 0 saturated heterocycles. The number of rotatable bonds is 8. The van der Waals surface area contributed by atoms with Crippen LogP contribution in [0.2, 0.25) is 0 Å². The first kappa shape index (κ1) is 26.3. The Labute approximate surface area is 226 Å². The molecule has 1 aliphatic heterocycles. The lowest BCUT2D eigenvalue weighted by molar-refractivity contribution is -0.118. The zero-order chi connectivity index (χ0) is 26.4. The monoisotopic (exact) mass is 578 g/mol. The van der Waals surface area contributed by atoms with Crippen LogP contribution in [-0.2, 0) is 9.59 Å². The van der Waals surface area contributed by atoms with Crippen molar-refractivity contribution < 1.29 is 18.7 Å². The Hall–Kier alpha value is -3.81. The van der Waals surface area contributed by atoms with Gasteiger partial charge in [0.15, 0.2) is 0 Å². The minimum Gasteiger partial charge on any atom is -0.495 e. The summed E-state index contributed by atoms with van der Waals surface area (Å²) in [6, 6.07) is 20.0. The van der Waals surface area contributed by atoms with Gasteiger partial charge in [-0.25, -0.2) is 4.99 Å². The number of nitrogens with zero attached hydrogens (tertiary/aromatic N) is 2. The van der Waals surface area contributed by atoms with Gasteiger partial charge in [-0.05, 0) is 55.5 Å². The van der Waals surface area contributed by atoms with Gasteiger partial charge >= 0.3 is 0 Å². The number of para-hydroxylation sites is 2. The van der Waals surface area contributed by atoms with E-state index >= 15 is 0 Å². The molecule has 10 heteroatoms. The highest BCUT2D eigenvalue weighted by Crippen LogP contribution is 2.42. The fraction of sp³-hybridized carbons (Fsp3) is 0.185. The van der Waals surface area contributed by atoms with Gasteiger partial charge in [-0.3, -0.25) is 9.59 Å². The number of ether oxygens (including phenoxy) is 1. The van der Waals surface area contributed by atoms with E-state index < -0.39 is 11.8 Å². The second kappa shape index (κ2) is 12.0.